The van der Waals surface area contributed by atoms with E-state index in [-0.39, 0.29) is 0 Å². The summed E-state index contributed by atoms with van der Waals surface area (Å²) < 4.78 is 10.2. The number of methoxy groups -OCH3 is 2. The highest BCUT2D eigenvalue weighted by molar-refractivity contribution is 5.29. The Bertz CT molecular complexity index is 353. The van der Waals surface area contributed by atoms with Gasteiger partial charge in [-0.3, -0.25) is 4.90 Å². The fourth-order valence-electron chi connectivity index (χ4n) is 1.85. The molecule has 2 N–H and O–H groups in total. The zero-order chi connectivity index (χ0) is 14.1. The van der Waals surface area contributed by atoms with Gasteiger partial charge in [0.15, 0.2) is 0 Å². The summed E-state index contributed by atoms with van der Waals surface area (Å²) in [5.74, 6) is 1.28. The molecule has 0 unspecified atom stereocenters. The van der Waals surface area contributed by atoms with Crippen molar-refractivity contribution in [2.75, 3.05) is 46.3 Å². The lowest BCUT2D eigenvalue weighted by atomic mass is 10.3. The maximum absolute atomic E-state index is 5.74. The van der Waals surface area contributed by atoms with Gasteiger partial charge in [0.25, 0.3) is 0 Å². The van der Waals surface area contributed by atoms with Gasteiger partial charge in [0.2, 0.25) is 0 Å². The molecule has 1 aromatic heterocycles. The minimum absolute atomic E-state index is 0.520. The van der Waals surface area contributed by atoms with E-state index in [0.717, 1.165) is 37.6 Å². The van der Waals surface area contributed by atoms with Crippen LogP contribution in [0.2, 0.25) is 0 Å². The number of nitrogens with zero attached hydrogens (tertiary/aromatic N) is 3. The van der Waals surface area contributed by atoms with E-state index in [9.17, 15) is 0 Å². The van der Waals surface area contributed by atoms with Gasteiger partial charge in [-0.2, -0.15) is 0 Å². The van der Waals surface area contributed by atoms with Crippen molar-refractivity contribution in [2.45, 2.75) is 19.9 Å². The monoisotopic (exact) mass is 268 g/mol. The molecule has 108 valence electrons. The molecular formula is C13H24N4O2. The summed E-state index contributed by atoms with van der Waals surface area (Å²) in [6, 6.07) is 1.77. The first kappa shape index (κ1) is 15.8. The third-order valence-electron chi connectivity index (χ3n) is 2.72. The van der Waals surface area contributed by atoms with Crippen molar-refractivity contribution < 1.29 is 9.47 Å². The molecule has 19 heavy (non-hydrogen) atoms. The minimum Gasteiger partial charge on any atom is -0.385 e. The lowest BCUT2D eigenvalue weighted by molar-refractivity contribution is 0.127. The third kappa shape index (κ3) is 6.47. The first-order valence-corrected chi connectivity index (χ1v) is 6.46. The summed E-state index contributed by atoms with van der Waals surface area (Å²) >= 11 is 0. The van der Waals surface area contributed by atoms with Crippen LogP contribution in [-0.4, -0.2) is 55.4 Å². The van der Waals surface area contributed by atoms with Gasteiger partial charge in [-0.15, -0.1) is 0 Å². The Morgan fingerprint density at radius 2 is 1.89 bits per heavy atom. The van der Waals surface area contributed by atoms with E-state index in [2.05, 4.69) is 14.9 Å². The standard InChI is InChI=1S/C13H24N4O2/c1-11-9-12(14)16-13(15-11)10-17(6-8-19-3)5-4-7-18-2/h9H,4-8,10H2,1-3H3,(H2,14,15,16). The quantitative estimate of drug-likeness (QED) is 0.669. The van der Waals surface area contributed by atoms with Crippen LogP contribution in [0.1, 0.15) is 17.9 Å². The van der Waals surface area contributed by atoms with Gasteiger partial charge in [-0.05, 0) is 13.3 Å². The Morgan fingerprint density at radius 1 is 1.16 bits per heavy atom. The molecule has 1 rings (SSSR count). The fraction of sp³-hybridized carbons (Fsp3) is 0.692. The molecule has 0 fully saturated rings. The molecule has 0 amide bonds. The van der Waals surface area contributed by atoms with Crippen LogP contribution in [0.15, 0.2) is 6.07 Å². The van der Waals surface area contributed by atoms with Gasteiger partial charge >= 0.3 is 0 Å². The van der Waals surface area contributed by atoms with Gasteiger partial charge in [-0.1, -0.05) is 0 Å². The van der Waals surface area contributed by atoms with E-state index < -0.39 is 0 Å². The van der Waals surface area contributed by atoms with Gasteiger partial charge in [-0.25, -0.2) is 9.97 Å². The summed E-state index contributed by atoms with van der Waals surface area (Å²) in [7, 11) is 3.42. The van der Waals surface area contributed by atoms with Crippen molar-refractivity contribution in [1.82, 2.24) is 14.9 Å². The molecule has 1 aromatic rings. The Morgan fingerprint density at radius 3 is 2.53 bits per heavy atom. The molecule has 0 aliphatic rings. The molecule has 0 bridgehead atoms. The van der Waals surface area contributed by atoms with Gasteiger partial charge in [0.05, 0.1) is 13.2 Å². The average Bonchev–Trinajstić information content (AvgIpc) is 2.34. The van der Waals surface area contributed by atoms with E-state index in [4.69, 9.17) is 15.2 Å². The zero-order valence-electron chi connectivity index (χ0n) is 12.1. The lowest BCUT2D eigenvalue weighted by Crippen LogP contribution is -2.29. The van der Waals surface area contributed by atoms with Crippen LogP contribution in [0.4, 0.5) is 5.82 Å². The highest BCUT2D eigenvalue weighted by Crippen LogP contribution is 2.05. The van der Waals surface area contributed by atoms with E-state index in [1.54, 1.807) is 20.3 Å². The maximum atomic E-state index is 5.74. The summed E-state index contributed by atoms with van der Waals surface area (Å²) in [5.41, 5.74) is 6.64. The van der Waals surface area contributed by atoms with Crippen molar-refractivity contribution >= 4 is 5.82 Å². The first-order valence-electron chi connectivity index (χ1n) is 6.46. The van der Waals surface area contributed by atoms with Crippen molar-refractivity contribution in [3.8, 4) is 0 Å². The Balaban J connectivity index is 2.58. The SMILES string of the molecule is COCCCN(CCOC)Cc1nc(C)cc(N)n1. The van der Waals surface area contributed by atoms with Crippen LogP contribution in [0.3, 0.4) is 0 Å². The second kappa shape index (κ2) is 8.79. The summed E-state index contributed by atoms with van der Waals surface area (Å²) in [6.45, 7) is 5.81. The Hall–Kier alpha value is -1.24. The molecule has 0 spiro atoms. The normalized spacial score (nSPS) is 11.2. The number of nitrogen functional groups attached to an aromatic ring is 1. The van der Waals surface area contributed by atoms with E-state index in [1.807, 2.05) is 6.92 Å². The van der Waals surface area contributed by atoms with E-state index in [0.29, 0.717) is 19.0 Å². The molecule has 0 saturated heterocycles. The largest absolute Gasteiger partial charge is 0.385 e. The number of anilines is 1. The molecule has 6 heteroatoms. The first-order chi connectivity index (χ1) is 9.15. The predicted molar refractivity (Wildman–Crippen MR) is 74.8 cm³/mol. The zero-order valence-corrected chi connectivity index (χ0v) is 12.1. The number of aryl methyl sites for hydroxylation is 1. The molecule has 0 radical (unpaired) electrons. The van der Waals surface area contributed by atoms with Crippen LogP contribution >= 0.6 is 0 Å². The number of hydrogen-bond donors (Lipinski definition) is 1. The topological polar surface area (TPSA) is 73.5 Å². The highest BCUT2D eigenvalue weighted by atomic mass is 16.5. The highest BCUT2D eigenvalue weighted by Gasteiger charge is 2.09. The smallest absolute Gasteiger partial charge is 0.144 e. The maximum Gasteiger partial charge on any atom is 0.144 e. The predicted octanol–water partition coefficient (Wildman–Crippen LogP) is 0.852. The molecule has 0 saturated carbocycles. The second-order valence-electron chi connectivity index (χ2n) is 4.47. The van der Waals surface area contributed by atoms with Crippen LogP contribution in [0.5, 0.6) is 0 Å². The van der Waals surface area contributed by atoms with Crippen molar-refractivity contribution in [3.05, 3.63) is 17.6 Å². The number of hydrogen-bond acceptors (Lipinski definition) is 6. The van der Waals surface area contributed by atoms with Gasteiger partial charge in [0, 0.05) is 45.7 Å². The number of ether oxygens (including phenoxy) is 2. The number of rotatable bonds is 9. The van der Waals surface area contributed by atoms with Crippen LogP contribution in [0, 0.1) is 6.92 Å². The summed E-state index contributed by atoms with van der Waals surface area (Å²) in [4.78, 5) is 10.9. The molecule has 6 nitrogen and oxygen atoms in total. The molecule has 0 aliphatic heterocycles. The van der Waals surface area contributed by atoms with E-state index >= 15 is 0 Å². The summed E-state index contributed by atoms with van der Waals surface area (Å²) in [5, 5.41) is 0. The number of nitrogens with two attached hydrogens (primary N) is 1. The molecule has 0 aliphatic carbocycles. The van der Waals surface area contributed by atoms with Crippen LogP contribution in [-0.2, 0) is 16.0 Å². The van der Waals surface area contributed by atoms with E-state index in [1.165, 1.54) is 0 Å². The molecular weight excluding hydrogens is 244 g/mol. The Kier molecular flexibility index (Phi) is 7.32. The van der Waals surface area contributed by atoms with Crippen molar-refractivity contribution in [1.29, 1.82) is 0 Å². The van der Waals surface area contributed by atoms with Crippen LogP contribution in [0.25, 0.3) is 0 Å². The van der Waals surface area contributed by atoms with Crippen molar-refractivity contribution in [3.63, 3.8) is 0 Å². The minimum atomic E-state index is 0.520. The van der Waals surface area contributed by atoms with Crippen molar-refractivity contribution in [2.24, 2.45) is 0 Å². The van der Waals surface area contributed by atoms with Gasteiger partial charge in [0.1, 0.15) is 11.6 Å². The average molecular weight is 268 g/mol. The van der Waals surface area contributed by atoms with Gasteiger partial charge < -0.3 is 15.2 Å². The fourth-order valence-corrected chi connectivity index (χ4v) is 1.85. The molecule has 0 aromatic carbocycles. The van der Waals surface area contributed by atoms with Crippen LogP contribution < -0.4 is 5.73 Å². The molecule has 1 heterocycles. The summed E-state index contributed by atoms with van der Waals surface area (Å²) in [6.07, 6.45) is 0.974. The number of aromatic nitrogens is 2. The lowest BCUT2D eigenvalue weighted by Gasteiger charge is -2.21. The third-order valence-corrected chi connectivity index (χ3v) is 2.72. The molecule has 0 atom stereocenters. The second-order valence-corrected chi connectivity index (χ2v) is 4.47. The Labute approximate surface area is 114 Å².